The number of hydrogen-bond acceptors (Lipinski definition) is 3. The lowest BCUT2D eigenvalue weighted by Gasteiger charge is -2.34. The number of nitrogens with zero attached hydrogens (tertiary/aromatic N) is 2. The quantitative estimate of drug-likeness (QED) is 0.838. The third kappa shape index (κ3) is 4.57. The van der Waals surface area contributed by atoms with Crippen molar-refractivity contribution in [1.82, 2.24) is 9.80 Å². The fourth-order valence-corrected chi connectivity index (χ4v) is 3.09. The first-order chi connectivity index (χ1) is 12.2. The average molecular weight is 342 g/mol. The number of methoxy groups -OCH3 is 1. The number of ether oxygens (including phenoxy) is 1. The average Bonchev–Trinajstić information content (AvgIpc) is 2.66. The third-order valence-corrected chi connectivity index (χ3v) is 4.58. The van der Waals surface area contributed by atoms with Crippen molar-refractivity contribution >= 4 is 5.91 Å². The van der Waals surface area contributed by atoms with Gasteiger partial charge in [0.2, 0.25) is 0 Å². The van der Waals surface area contributed by atoms with E-state index in [4.69, 9.17) is 4.74 Å². The van der Waals surface area contributed by atoms with Crippen LogP contribution in [0.5, 0.6) is 5.75 Å². The van der Waals surface area contributed by atoms with Gasteiger partial charge in [-0.05, 0) is 42.3 Å². The Kier molecular flexibility index (Phi) is 5.66. The van der Waals surface area contributed by atoms with Crippen molar-refractivity contribution in [2.75, 3.05) is 39.8 Å². The molecule has 0 saturated carbocycles. The summed E-state index contributed by atoms with van der Waals surface area (Å²) in [4.78, 5) is 16.6. The summed E-state index contributed by atoms with van der Waals surface area (Å²) in [5, 5.41) is 0. The van der Waals surface area contributed by atoms with Gasteiger partial charge in [0.05, 0.1) is 7.11 Å². The number of piperazine rings is 1. The molecule has 0 atom stereocenters. The Morgan fingerprint density at radius 3 is 2.56 bits per heavy atom. The number of benzene rings is 2. The molecule has 0 N–H and O–H groups in total. The number of carbonyl (C=O) groups excluding carboxylic acids is 1. The molecular formula is C20H23FN2O2. The van der Waals surface area contributed by atoms with Gasteiger partial charge in [-0.15, -0.1) is 0 Å². The van der Waals surface area contributed by atoms with Crippen LogP contribution in [0.4, 0.5) is 4.39 Å². The van der Waals surface area contributed by atoms with Gasteiger partial charge in [0.15, 0.2) is 0 Å². The van der Waals surface area contributed by atoms with Gasteiger partial charge in [-0.25, -0.2) is 4.39 Å². The third-order valence-electron chi connectivity index (χ3n) is 4.58. The smallest absolute Gasteiger partial charge is 0.254 e. The van der Waals surface area contributed by atoms with E-state index in [-0.39, 0.29) is 11.7 Å². The normalized spacial score (nSPS) is 15.2. The van der Waals surface area contributed by atoms with Gasteiger partial charge >= 0.3 is 0 Å². The molecule has 1 fully saturated rings. The van der Waals surface area contributed by atoms with Gasteiger partial charge in [-0.2, -0.15) is 0 Å². The summed E-state index contributed by atoms with van der Waals surface area (Å²) in [6, 6.07) is 14.0. The van der Waals surface area contributed by atoms with Crippen molar-refractivity contribution in [1.29, 1.82) is 0 Å². The molecule has 25 heavy (non-hydrogen) atoms. The van der Waals surface area contributed by atoms with E-state index in [1.54, 1.807) is 24.1 Å². The van der Waals surface area contributed by atoms with Crippen LogP contribution in [0.25, 0.3) is 0 Å². The lowest BCUT2D eigenvalue weighted by molar-refractivity contribution is 0.0638. The maximum Gasteiger partial charge on any atom is 0.254 e. The Morgan fingerprint density at radius 2 is 1.84 bits per heavy atom. The van der Waals surface area contributed by atoms with E-state index in [1.807, 2.05) is 12.1 Å². The van der Waals surface area contributed by atoms with Crippen LogP contribution >= 0.6 is 0 Å². The number of carbonyl (C=O) groups is 1. The highest BCUT2D eigenvalue weighted by atomic mass is 19.1. The van der Waals surface area contributed by atoms with Gasteiger partial charge < -0.3 is 9.64 Å². The van der Waals surface area contributed by atoms with Crippen molar-refractivity contribution in [3.63, 3.8) is 0 Å². The lowest BCUT2D eigenvalue weighted by Crippen LogP contribution is -2.49. The minimum atomic E-state index is -0.372. The number of amides is 1. The molecule has 1 aliphatic rings. The maximum absolute atomic E-state index is 13.3. The fraction of sp³-hybridized carbons (Fsp3) is 0.350. The van der Waals surface area contributed by atoms with E-state index < -0.39 is 0 Å². The van der Waals surface area contributed by atoms with Crippen molar-refractivity contribution in [2.45, 2.75) is 6.42 Å². The second kappa shape index (κ2) is 8.12. The number of hydrogen-bond donors (Lipinski definition) is 0. The van der Waals surface area contributed by atoms with E-state index in [0.29, 0.717) is 18.7 Å². The molecule has 132 valence electrons. The number of halogens is 1. The number of rotatable bonds is 5. The van der Waals surface area contributed by atoms with Crippen molar-refractivity contribution < 1.29 is 13.9 Å². The summed E-state index contributed by atoms with van der Waals surface area (Å²) in [5.74, 6) is 0.415. The summed E-state index contributed by atoms with van der Waals surface area (Å²) in [6.07, 6.45) is 0.953. The molecular weight excluding hydrogens is 319 g/mol. The van der Waals surface area contributed by atoms with Crippen LogP contribution < -0.4 is 4.74 Å². The molecule has 0 radical (unpaired) electrons. The molecule has 0 unspecified atom stereocenters. The second-order valence-corrected chi connectivity index (χ2v) is 6.25. The zero-order valence-corrected chi connectivity index (χ0v) is 14.5. The second-order valence-electron chi connectivity index (χ2n) is 6.25. The summed E-state index contributed by atoms with van der Waals surface area (Å²) in [5.41, 5.74) is 1.67. The predicted octanol–water partition coefficient (Wildman–Crippen LogP) is 2.83. The largest absolute Gasteiger partial charge is 0.497 e. The van der Waals surface area contributed by atoms with Crippen LogP contribution in [-0.4, -0.2) is 55.5 Å². The fourth-order valence-electron chi connectivity index (χ4n) is 3.09. The lowest BCUT2D eigenvalue weighted by atomic mass is 10.1. The molecule has 1 amide bonds. The Bertz CT molecular complexity index is 727. The first kappa shape index (κ1) is 17.4. The van der Waals surface area contributed by atoms with Crippen molar-refractivity contribution in [3.05, 3.63) is 65.5 Å². The summed E-state index contributed by atoms with van der Waals surface area (Å²) in [7, 11) is 1.67. The van der Waals surface area contributed by atoms with Crippen molar-refractivity contribution in [2.24, 2.45) is 0 Å². The van der Waals surface area contributed by atoms with Crippen LogP contribution in [0.2, 0.25) is 0 Å². The first-order valence-corrected chi connectivity index (χ1v) is 8.56. The van der Waals surface area contributed by atoms with Gasteiger partial charge in [0, 0.05) is 38.3 Å². The van der Waals surface area contributed by atoms with E-state index in [0.717, 1.165) is 31.8 Å². The molecule has 1 aliphatic heterocycles. The summed E-state index contributed by atoms with van der Waals surface area (Å²) in [6.45, 7) is 3.98. The molecule has 0 bridgehead atoms. The summed E-state index contributed by atoms with van der Waals surface area (Å²) < 4.78 is 18.5. The highest BCUT2D eigenvalue weighted by Crippen LogP contribution is 2.14. The van der Waals surface area contributed by atoms with E-state index >= 15 is 0 Å². The Morgan fingerprint density at radius 1 is 1.08 bits per heavy atom. The van der Waals surface area contributed by atoms with Gasteiger partial charge in [0.25, 0.3) is 5.91 Å². The molecule has 2 aromatic rings. The standard InChI is InChI=1S/C20H23FN2O2/c1-25-19-7-2-4-16(14-19)8-9-22-10-12-23(13-11-22)20(24)17-5-3-6-18(21)15-17/h2-7,14-15H,8-13H2,1H3. The van der Waals surface area contributed by atoms with Gasteiger partial charge in [-0.3, -0.25) is 9.69 Å². The van der Waals surface area contributed by atoms with Gasteiger partial charge in [0.1, 0.15) is 11.6 Å². The molecule has 0 spiro atoms. The van der Waals surface area contributed by atoms with Gasteiger partial charge in [-0.1, -0.05) is 18.2 Å². The highest BCUT2D eigenvalue weighted by molar-refractivity contribution is 5.94. The Labute approximate surface area is 147 Å². The SMILES string of the molecule is COc1cccc(CCN2CCN(C(=O)c3cccc(F)c3)CC2)c1. The maximum atomic E-state index is 13.3. The van der Waals surface area contributed by atoms with Crippen LogP contribution in [0.15, 0.2) is 48.5 Å². The molecule has 4 nitrogen and oxygen atoms in total. The van der Waals surface area contributed by atoms with Crippen LogP contribution in [0.1, 0.15) is 15.9 Å². The minimum absolute atomic E-state index is 0.0908. The zero-order chi connectivity index (χ0) is 17.6. The molecule has 0 aromatic heterocycles. The van der Waals surface area contributed by atoms with Crippen molar-refractivity contribution in [3.8, 4) is 5.75 Å². The van der Waals surface area contributed by atoms with Crippen LogP contribution in [-0.2, 0) is 6.42 Å². The molecule has 2 aromatic carbocycles. The minimum Gasteiger partial charge on any atom is -0.497 e. The molecule has 5 heteroatoms. The molecule has 3 rings (SSSR count). The molecule has 1 saturated heterocycles. The van der Waals surface area contributed by atoms with E-state index in [2.05, 4.69) is 17.0 Å². The zero-order valence-electron chi connectivity index (χ0n) is 14.5. The molecule has 1 heterocycles. The Hall–Kier alpha value is -2.40. The van der Waals surface area contributed by atoms with E-state index in [1.165, 1.54) is 17.7 Å². The van der Waals surface area contributed by atoms with Crippen LogP contribution in [0, 0.1) is 5.82 Å². The monoisotopic (exact) mass is 342 g/mol. The summed E-state index contributed by atoms with van der Waals surface area (Å²) >= 11 is 0. The highest BCUT2D eigenvalue weighted by Gasteiger charge is 2.22. The first-order valence-electron chi connectivity index (χ1n) is 8.56. The van der Waals surface area contributed by atoms with Crippen LogP contribution in [0.3, 0.4) is 0 Å². The predicted molar refractivity (Wildman–Crippen MR) is 95.4 cm³/mol. The van der Waals surface area contributed by atoms with E-state index in [9.17, 15) is 9.18 Å². The Balaban J connectivity index is 1.49. The topological polar surface area (TPSA) is 32.8 Å². The molecule has 0 aliphatic carbocycles.